The van der Waals surface area contributed by atoms with Crippen molar-refractivity contribution in [3.05, 3.63) is 11.6 Å². The van der Waals surface area contributed by atoms with Gasteiger partial charge in [0.15, 0.2) is 0 Å². The van der Waals surface area contributed by atoms with Crippen molar-refractivity contribution in [1.82, 2.24) is 0 Å². The average Bonchev–Trinajstić information content (AvgIpc) is 2.36. The first-order valence-corrected chi connectivity index (χ1v) is 6.84. The fourth-order valence-electron chi connectivity index (χ4n) is 3.86. The summed E-state index contributed by atoms with van der Waals surface area (Å²) in [7, 11) is 0. The molecule has 0 aliphatic heterocycles. The first kappa shape index (κ1) is 13.8. The van der Waals surface area contributed by atoms with E-state index in [-0.39, 0.29) is 35.6 Å². The largest absolute Gasteiger partial charge is 0.392 e. The van der Waals surface area contributed by atoms with Crippen LogP contribution in [0, 0.1) is 16.7 Å². The lowest BCUT2D eigenvalue weighted by Crippen LogP contribution is -2.57. The highest BCUT2D eigenvalue weighted by Crippen LogP contribution is 2.58. The molecule has 0 aromatic carbocycles. The van der Waals surface area contributed by atoms with Gasteiger partial charge < -0.3 is 10.2 Å². The molecule has 0 aromatic heterocycles. The van der Waals surface area contributed by atoms with E-state index in [1.807, 2.05) is 6.92 Å². The number of aliphatic hydroxyl groups is 2. The van der Waals surface area contributed by atoms with Crippen molar-refractivity contribution in [1.29, 1.82) is 0 Å². The lowest BCUT2D eigenvalue weighted by atomic mass is 9.48. The molecule has 0 bridgehead atoms. The molecule has 3 atom stereocenters. The quantitative estimate of drug-likeness (QED) is 0.702. The number of carbonyl (C=O) groups is 1. The van der Waals surface area contributed by atoms with Crippen molar-refractivity contribution in [2.75, 3.05) is 6.61 Å². The number of rotatable bonds is 1. The zero-order valence-corrected chi connectivity index (χ0v) is 11.6. The average molecular weight is 252 g/mol. The Bertz CT molecular complexity index is 383. The van der Waals surface area contributed by atoms with Crippen molar-refractivity contribution < 1.29 is 15.0 Å². The summed E-state index contributed by atoms with van der Waals surface area (Å²) in [6.45, 7) is 6.28. The normalized spacial score (nSPS) is 39.8. The summed E-state index contributed by atoms with van der Waals surface area (Å²) in [6.07, 6.45) is 4.32. The Morgan fingerprint density at radius 2 is 2.11 bits per heavy atom. The fourth-order valence-corrected chi connectivity index (χ4v) is 3.86. The first-order chi connectivity index (χ1) is 8.35. The van der Waals surface area contributed by atoms with Crippen LogP contribution in [0.4, 0.5) is 0 Å². The number of carbonyl (C=O) groups excluding carboxylic acids is 1. The molecule has 2 aliphatic carbocycles. The van der Waals surface area contributed by atoms with E-state index in [0.29, 0.717) is 0 Å². The lowest BCUT2D eigenvalue weighted by molar-refractivity contribution is -0.159. The van der Waals surface area contributed by atoms with Gasteiger partial charge in [-0.3, -0.25) is 4.79 Å². The predicted octanol–water partition coefficient (Wildman–Crippen LogP) is 2.07. The molecule has 0 aromatic rings. The SMILES string of the molecule is C[C@H]1C(=O)C[C@H](O)C(C)(C)[C@]12CC=C(CO)CC2. The van der Waals surface area contributed by atoms with Crippen molar-refractivity contribution in [3.8, 4) is 0 Å². The minimum atomic E-state index is -0.551. The molecule has 3 heteroatoms. The summed E-state index contributed by atoms with van der Waals surface area (Å²) < 4.78 is 0. The maximum atomic E-state index is 12.1. The van der Waals surface area contributed by atoms with E-state index >= 15 is 0 Å². The van der Waals surface area contributed by atoms with Gasteiger partial charge in [-0.1, -0.05) is 26.8 Å². The van der Waals surface area contributed by atoms with Gasteiger partial charge in [-0.15, -0.1) is 0 Å². The minimum Gasteiger partial charge on any atom is -0.392 e. The van der Waals surface area contributed by atoms with Gasteiger partial charge >= 0.3 is 0 Å². The standard InChI is InChI=1S/C15H24O3/c1-10-12(17)8-13(18)14(2,3)15(10)6-4-11(9-16)5-7-15/h4,10,13,16,18H,5-9H2,1-3H3/t10-,13-,15-/m0/s1. The lowest BCUT2D eigenvalue weighted by Gasteiger charge is -2.57. The Morgan fingerprint density at radius 1 is 1.44 bits per heavy atom. The second kappa shape index (κ2) is 4.46. The Labute approximate surface area is 109 Å². The second-order valence-electron chi connectivity index (χ2n) is 6.51. The van der Waals surface area contributed by atoms with Gasteiger partial charge in [0.2, 0.25) is 0 Å². The highest BCUT2D eigenvalue weighted by molar-refractivity contribution is 5.83. The van der Waals surface area contributed by atoms with Crippen LogP contribution in [0.1, 0.15) is 46.5 Å². The van der Waals surface area contributed by atoms with E-state index in [2.05, 4.69) is 19.9 Å². The van der Waals surface area contributed by atoms with Crippen LogP contribution in [0.2, 0.25) is 0 Å². The highest BCUT2D eigenvalue weighted by Gasteiger charge is 2.57. The molecule has 1 spiro atoms. The summed E-state index contributed by atoms with van der Waals surface area (Å²) in [5, 5.41) is 19.5. The number of hydrogen-bond donors (Lipinski definition) is 2. The van der Waals surface area contributed by atoms with Crippen LogP contribution in [0.5, 0.6) is 0 Å². The Kier molecular flexibility index (Phi) is 3.41. The van der Waals surface area contributed by atoms with Crippen LogP contribution in [0.3, 0.4) is 0 Å². The molecule has 2 aliphatic rings. The Morgan fingerprint density at radius 3 is 2.61 bits per heavy atom. The molecule has 0 radical (unpaired) electrons. The summed E-state index contributed by atoms with van der Waals surface area (Å²) in [6, 6.07) is 0. The maximum Gasteiger partial charge on any atom is 0.138 e. The zero-order chi connectivity index (χ0) is 13.6. The molecule has 0 heterocycles. The molecule has 0 unspecified atom stereocenters. The smallest absolute Gasteiger partial charge is 0.138 e. The van der Waals surface area contributed by atoms with Crippen molar-refractivity contribution >= 4 is 5.78 Å². The van der Waals surface area contributed by atoms with E-state index < -0.39 is 6.10 Å². The number of aliphatic hydroxyl groups excluding tert-OH is 2. The maximum absolute atomic E-state index is 12.1. The topological polar surface area (TPSA) is 57.5 Å². The fraction of sp³-hybridized carbons (Fsp3) is 0.800. The van der Waals surface area contributed by atoms with Gasteiger partial charge in [-0.05, 0) is 35.7 Å². The molecule has 1 saturated carbocycles. The highest BCUT2D eigenvalue weighted by atomic mass is 16.3. The molecular formula is C15H24O3. The van der Waals surface area contributed by atoms with Gasteiger partial charge in [0.1, 0.15) is 5.78 Å². The molecule has 1 fully saturated rings. The summed E-state index contributed by atoms with van der Waals surface area (Å²) in [5.74, 6) is 0.176. The van der Waals surface area contributed by atoms with E-state index in [1.54, 1.807) is 0 Å². The van der Waals surface area contributed by atoms with Gasteiger partial charge in [-0.2, -0.15) is 0 Å². The van der Waals surface area contributed by atoms with Crippen LogP contribution in [0.25, 0.3) is 0 Å². The molecule has 2 rings (SSSR count). The van der Waals surface area contributed by atoms with Gasteiger partial charge in [-0.25, -0.2) is 0 Å². The van der Waals surface area contributed by atoms with Crippen LogP contribution < -0.4 is 0 Å². The van der Waals surface area contributed by atoms with Crippen molar-refractivity contribution in [3.63, 3.8) is 0 Å². The monoisotopic (exact) mass is 252 g/mol. The molecule has 3 nitrogen and oxygen atoms in total. The number of allylic oxidation sites excluding steroid dienone is 1. The molecule has 18 heavy (non-hydrogen) atoms. The van der Waals surface area contributed by atoms with Gasteiger partial charge in [0.05, 0.1) is 12.7 Å². The Hall–Kier alpha value is -0.670. The van der Waals surface area contributed by atoms with Crippen LogP contribution in [-0.2, 0) is 4.79 Å². The molecular weight excluding hydrogens is 228 g/mol. The number of hydrogen-bond acceptors (Lipinski definition) is 3. The zero-order valence-electron chi connectivity index (χ0n) is 11.6. The van der Waals surface area contributed by atoms with Crippen LogP contribution in [0.15, 0.2) is 11.6 Å². The number of ketones is 1. The third-order valence-corrected chi connectivity index (χ3v) is 5.67. The first-order valence-electron chi connectivity index (χ1n) is 6.84. The van der Waals surface area contributed by atoms with E-state index in [0.717, 1.165) is 24.8 Å². The summed E-state index contributed by atoms with van der Waals surface area (Å²) >= 11 is 0. The summed E-state index contributed by atoms with van der Waals surface area (Å²) in [4.78, 5) is 12.1. The van der Waals surface area contributed by atoms with Crippen molar-refractivity contribution in [2.45, 2.75) is 52.6 Å². The number of Topliss-reactive ketones (excluding diaryl/α,β-unsaturated/α-hetero) is 1. The molecule has 2 N–H and O–H groups in total. The van der Waals surface area contributed by atoms with E-state index in [9.17, 15) is 15.0 Å². The minimum absolute atomic E-state index is 0.00704. The van der Waals surface area contributed by atoms with Gasteiger partial charge in [0.25, 0.3) is 0 Å². The second-order valence-corrected chi connectivity index (χ2v) is 6.51. The predicted molar refractivity (Wildman–Crippen MR) is 70.0 cm³/mol. The van der Waals surface area contributed by atoms with Gasteiger partial charge in [0, 0.05) is 12.3 Å². The Balaban J connectivity index is 2.38. The van der Waals surface area contributed by atoms with Crippen LogP contribution >= 0.6 is 0 Å². The van der Waals surface area contributed by atoms with Crippen molar-refractivity contribution in [2.24, 2.45) is 16.7 Å². The summed E-state index contributed by atoms with van der Waals surface area (Å²) in [5.41, 5.74) is 0.661. The molecule has 0 saturated heterocycles. The van der Waals surface area contributed by atoms with Crippen LogP contribution in [-0.4, -0.2) is 28.7 Å². The third-order valence-electron chi connectivity index (χ3n) is 5.67. The van der Waals surface area contributed by atoms with E-state index in [1.165, 1.54) is 0 Å². The third kappa shape index (κ3) is 1.76. The molecule has 102 valence electrons. The van der Waals surface area contributed by atoms with E-state index in [4.69, 9.17) is 0 Å². The molecule has 0 amide bonds.